The molecule has 0 aromatic rings. The standard InChI is InChI=1S/C7H15N.ClH/c1-2-3-4-5-6-7-8;/h5-6H,2-4,7-8H2,1H3;1H. The molecule has 0 spiro atoms. The topological polar surface area (TPSA) is 26.0 Å². The molecule has 0 heterocycles. The zero-order chi connectivity index (χ0) is 6.24. The maximum atomic E-state index is 5.22. The molecule has 2 heteroatoms. The molecule has 0 radical (unpaired) electrons. The number of nitrogens with two attached hydrogens (primary N) is 1. The molecule has 2 N–H and O–H groups in total. The molecule has 0 aliphatic carbocycles. The van der Waals surface area contributed by atoms with Crippen molar-refractivity contribution in [3.05, 3.63) is 12.2 Å². The highest BCUT2D eigenvalue weighted by Crippen LogP contribution is 1.93. The lowest BCUT2D eigenvalue weighted by Gasteiger charge is -1.85. The first kappa shape index (κ1) is 11.7. The highest BCUT2D eigenvalue weighted by Gasteiger charge is 1.74. The van der Waals surface area contributed by atoms with Crippen LogP contribution in [0.5, 0.6) is 0 Å². The third kappa shape index (κ3) is 11.5. The fourth-order valence-corrected chi connectivity index (χ4v) is 0.536. The number of allylic oxidation sites excluding steroid dienone is 1. The minimum Gasteiger partial charge on any atom is -0.327 e. The van der Waals surface area contributed by atoms with E-state index < -0.39 is 0 Å². The molecule has 0 fully saturated rings. The van der Waals surface area contributed by atoms with Gasteiger partial charge >= 0.3 is 0 Å². The summed E-state index contributed by atoms with van der Waals surface area (Å²) in [5, 5.41) is 0. The van der Waals surface area contributed by atoms with Gasteiger partial charge in [0.05, 0.1) is 0 Å². The summed E-state index contributed by atoms with van der Waals surface area (Å²) in [6.45, 7) is 2.88. The molecule has 0 unspecified atom stereocenters. The summed E-state index contributed by atoms with van der Waals surface area (Å²) in [4.78, 5) is 0. The van der Waals surface area contributed by atoms with Crippen LogP contribution in [0.25, 0.3) is 0 Å². The average molecular weight is 150 g/mol. The first-order valence-electron chi connectivity index (χ1n) is 3.27. The Morgan fingerprint density at radius 2 is 2.00 bits per heavy atom. The lowest BCUT2D eigenvalue weighted by Crippen LogP contribution is -1.91. The van der Waals surface area contributed by atoms with Gasteiger partial charge in [0, 0.05) is 6.54 Å². The molecule has 0 aliphatic rings. The van der Waals surface area contributed by atoms with Gasteiger partial charge in [0.15, 0.2) is 0 Å². The van der Waals surface area contributed by atoms with Gasteiger partial charge in [0.25, 0.3) is 0 Å². The summed E-state index contributed by atoms with van der Waals surface area (Å²) in [6, 6.07) is 0. The molecule has 0 aromatic heterocycles. The zero-order valence-corrected chi connectivity index (χ0v) is 6.79. The van der Waals surface area contributed by atoms with E-state index in [1.165, 1.54) is 19.3 Å². The van der Waals surface area contributed by atoms with Crippen molar-refractivity contribution in [2.24, 2.45) is 5.73 Å². The third-order valence-corrected chi connectivity index (χ3v) is 1.03. The molecule has 56 valence electrons. The Bertz CT molecular complexity index is 61.9. The zero-order valence-electron chi connectivity index (χ0n) is 5.97. The Labute approximate surface area is 63.7 Å². The lowest BCUT2D eigenvalue weighted by atomic mass is 10.2. The van der Waals surface area contributed by atoms with Crippen molar-refractivity contribution < 1.29 is 0 Å². The van der Waals surface area contributed by atoms with Crippen LogP contribution in [-0.2, 0) is 0 Å². The lowest BCUT2D eigenvalue weighted by molar-refractivity contribution is 0.813. The van der Waals surface area contributed by atoms with Crippen LogP contribution in [-0.4, -0.2) is 6.54 Å². The molecule has 1 nitrogen and oxygen atoms in total. The Hall–Kier alpha value is -0.0100. The number of halogens is 1. The van der Waals surface area contributed by atoms with Crippen molar-refractivity contribution in [1.29, 1.82) is 0 Å². The van der Waals surface area contributed by atoms with Gasteiger partial charge in [-0.05, 0) is 6.42 Å². The highest BCUT2D eigenvalue weighted by molar-refractivity contribution is 5.85. The molecule has 0 aliphatic heterocycles. The molecule has 0 rings (SSSR count). The molecule has 0 amide bonds. The van der Waals surface area contributed by atoms with E-state index in [0.717, 1.165) is 0 Å². The Kier molecular flexibility index (Phi) is 14.2. The Balaban J connectivity index is 0. The molecule has 0 saturated carbocycles. The maximum absolute atomic E-state index is 5.22. The minimum absolute atomic E-state index is 0. The van der Waals surface area contributed by atoms with E-state index in [1.54, 1.807) is 0 Å². The van der Waals surface area contributed by atoms with Gasteiger partial charge in [-0.1, -0.05) is 31.9 Å². The van der Waals surface area contributed by atoms with Gasteiger partial charge in [-0.3, -0.25) is 0 Å². The SMILES string of the molecule is CCCCC=CCN.Cl. The van der Waals surface area contributed by atoms with E-state index >= 15 is 0 Å². The predicted molar refractivity (Wildman–Crippen MR) is 45.0 cm³/mol. The molecular weight excluding hydrogens is 134 g/mol. The quantitative estimate of drug-likeness (QED) is 0.481. The van der Waals surface area contributed by atoms with Crippen LogP contribution in [0.3, 0.4) is 0 Å². The second-order valence-electron chi connectivity index (χ2n) is 1.85. The van der Waals surface area contributed by atoms with Crippen LogP contribution in [0.2, 0.25) is 0 Å². The van der Waals surface area contributed by atoms with Crippen LogP contribution in [0, 0.1) is 0 Å². The van der Waals surface area contributed by atoms with Crippen molar-refractivity contribution >= 4 is 12.4 Å². The van der Waals surface area contributed by atoms with Crippen molar-refractivity contribution in [1.82, 2.24) is 0 Å². The molecule has 0 aromatic carbocycles. The van der Waals surface area contributed by atoms with Crippen LogP contribution >= 0.6 is 12.4 Å². The van der Waals surface area contributed by atoms with Crippen molar-refractivity contribution in [3.63, 3.8) is 0 Å². The van der Waals surface area contributed by atoms with Crippen molar-refractivity contribution in [2.75, 3.05) is 6.54 Å². The first-order valence-corrected chi connectivity index (χ1v) is 3.27. The van der Waals surface area contributed by atoms with Crippen LogP contribution in [0.15, 0.2) is 12.2 Å². The monoisotopic (exact) mass is 149 g/mol. The van der Waals surface area contributed by atoms with E-state index in [0.29, 0.717) is 6.54 Å². The van der Waals surface area contributed by atoms with E-state index in [2.05, 4.69) is 13.0 Å². The Morgan fingerprint density at radius 3 is 2.44 bits per heavy atom. The van der Waals surface area contributed by atoms with Crippen LogP contribution < -0.4 is 5.73 Å². The molecular formula is C7H16ClN. The minimum atomic E-state index is 0. The van der Waals surface area contributed by atoms with E-state index in [1.807, 2.05) is 6.08 Å². The fourth-order valence-electron chi connectivity index (χ4n) is 0.536. The fraction of sp³-hybridized carbons (Fsp3) is 0.714. The number of hydrogen-bond acceptors (Lipinski definition) is 1. The molecule has 0 atom stereocenters. The number of unbranched alkanes of at least 4 members (excludes halogenated alkanes) is 2. The van der Waals surface area contributed by atoms with Crippen LogP contribution in [0.1, 0.15) is 26.2 Å². The highest BCUT2D eigenvalue weighted by atomic mass is 35.5. The normalized spacial score (nSPS) is 9.56. The molecule has 0 saturated heterocycles. The number of rotatable bonds is 4. The average Bonchev–Trinajstić information content (AvgIpc) is 1.81. The van der Waals surface area contributed by atoms with Crippen molar-refractivity contribution in [3.8, 4) is 0 Å². The van der Waals surface area contributed by atoms with E-state index in [9.17, 15) is 0 Å². The van der Waals surface area contributed by atoms with Crippen LogP contribution in [0.4, 0.5) is 0 Å². The summed E-state index contributed by atoms with van der Waals surface area (Å²) in [6.07, 6.45) is 7.90. The van der Waals surface area contributed by atoms with Gasteiger partial charge in [-0.25, -0.2) is 0 Å². The largest absolute Gasteiger partial charge is 0.327 e. The van der Waals surface area contributed by atoms with Gasteiger partial charge in [0.2, 0.25) is 0 Å². The first-order chi connectivity index (χ1) is 3.91. The summed E-state index contributed by atoms with van der Waals surface area (Å²) in [5.74, 6) is 0. The predicted octanol–water partition coefficient (Wildman–Crippen LogP) is 2.11. The summed E-state index contributed by atoms with van der Waals surface area (Å²) in [7, 11) is 0. The van der Waals surface area contributed by atoms with Gasteiger partial charge in [0.1, 0.15) is 0 Å². The molecule has 0 bridgehead atoms. The summed E-state index contributed by atoms with van der Waals surface area (Å²) >= 11 is 0. The Morgan fingerprint density at radius 1 is 1.33 bits per heavy atom. The third-order valence-electron chi connectivity index (χ3n) is 1.03. The number of hydrogen-bond donors (Lipinski definition) is 1. The van der Waals surface area contributed by atoms with Gasteiger partial charge in [-0.15, -0.1) is 12.4 Å². The van der Waals surface area contributed by atoms with Gasteiger partial charge in [-0.2, -0.15) is 0 Å². The smallest absolute Gasteiger partial charge is 0.0106 e. The van der Waals surface area contributed by atoms with E-state index in [-0.39, 0.29) is 12.4 Å². The summed E-state index contributed by atoms with van der Waals surface area (Å²) in [5.41, 5.74) is 5.22. The molecule has 9 heavy (non-hydrogen) atoms. The second kappa shape index (κ2) is 10.9. The summed E-state index contributed by atoms with van der Waals surface area (Å²) < 4.78 is 0. The second-order valence-corrected chi connectivity index (χ2v) is 1.85. The maximum Gasteiger partial charge on any atom is 0.0106 e. The van der Waals surface area contributed by atoms with Crippen molar-refractivity contribution in [2.45, 2.75) is 26.2 Å². The van der Waals surface area contributed by atoms with Gasteiger partial charge < -0.3 is 5.73 Å². The van der Waals surface area contributed by atoms with E-state index in [4.69, 9.17) is 5.73 Å².